The molecule has 0 spiro atoms. The van der Waals surface area contributed by atoms with Crippen LogP contribution in [0.25, 0.3) is 10.6 Å². The van der Waals surface area contributed by atoms with Crippen molar-refractivity contribution in [3.63, 3.8) is 0 Å². The molecular weight excluding hydrogens is 454 g/mol. The summed E-state index contributed by atoms with van der Waals surface area (Å²) in [6.07, 6.45) is 1.50. The number of hydrogen-bond donors (Lipinski definition) is 0. The van der Waals surface area contributed by atoms with Crippen LogP contribution in [0, 0.1) is 0 Å². The second-order valence-corrected chi connectivity index (χ2v) is 10.1. The summed E-state index contributed by atoms with van der Waals surface area (Å²) < 4.78 is 5.62. The maximum absolute atomic E-state index is 13.8. The molecule has 2 aliphatic rings. The lowest BCUT2D eigenvalue weighted by atomic mass is 9.73. The van der Waals surface area contributed by atoms with E-state index in [1.165, 1.54) is 0 Å². The molecule has 7 heteroatoms. The molecule has 172 valence electrons. The average molecular weight is 482 g/mol. The smallest absolute Gasteiger partial charge is 0.233 e. The van der Waals surface area contributed by atoms with Crippen molar-refractivity contribution in [3.05, 3.63) is 76.3 Å². The van der Waals surface area contributed by atoms with Crippen LogP contribution in [0.15, 0.2) is 60.0 Å². The largest absolute Gasteiger partial charge is 0.381 e. The molecule has 3 aromatic rings. The molecule has 1 aromatic heterocycles. The number of carbonyl (C=O) groups excluding carboxylic acids is 1. The monoisotopic (exact) mass is 481 g/mol. The van der Waals surface area contributed by atoms with Crippen LogP contribution >= 0.6 is 22.9 Å². The standard InChI is InChI=1S/C26H28ClN3O2S/c27-22-8-6-20(7-9-22)24-28-23(19-33-24)18-29-12-14-30(15-13-29)25(31)26(10-16-32-17-11-26)21-4-2-1-3-5-21/h1-9,19H,10-18H2. The van der Waals surface area contributed by atoms with E-state index in [1.54, 1.807) is 11.3 Å². The normalized spacial score (nSPS) is 18.9. The van der Waals surface area contributed by atoms with Gasteiger partial charge in [0.1, 0.15) is 5.01 Å². The minimum absolute atomic E-state index is 0.260. The number of hydrogen-bond acceptors (Lipinski definition) is 5. The zero-order chi connectivity index (χ0) is 22.7. The number of halogens is 1. The van der Waals surface area contributed by atoms with Gasteiger partial charge in [0.05, 0.1) is 11.1 Å². The molecule has 0 bridgehead atoms. The van der Waals surface area contributed by atoms with Gasteiger partial charge in [0.15, 0.2) is 0 Å². The lowest BCUT2D eigenvalue weighted by Gasteiger charge is -2.43. The van der Waals surface area contributed by atoms with Crippen molar-refractivity contribution in [1.82, 2.24) is 14.8 Å². The Morgan fingerprint density at radius 3 is 2.39 bits per heavy atom. The van der Waals surface area contributed by atoms with Crippen molar-refractivity contribution in [1.29, 1.82) is 0 Å². The Balaban J connectivity index is 1.22. The number of benzene rings is 2. The Morgan fingerprint density at radius 2 is 1.70 bits per heavy atom. The van der Waals surface area contributed by atoms with Crippen molar-refractivity contribution in [3.8, 4) is 10.6 Å². The number of carbonyl (C=O) groups is 1. The highest BCUT2D eigenvalue weighted by Crippen LogP contribution is 2.37. The van der Waals surface area contributed by atoms with E-state index >= 15 is 0 Å². The van der Waals surface area contributed by atoms with Gasteiger partial charge in [-0.25, -0.2) is 4.98 Å². The second-order valence-electron chi connectivity index (χ2n) is 8.78. The van der Waals surface area contributed by atoms with Crippen LogP contribution in [0.5, 0.6) is 0 Å². The Kier molecular flexibility index (Phi) is 6.79. The summed E-state index contributed by atoms with van der Waals surface area (Å²) in [7, 11) is 0. The second kappa shape index (κ2) is 9.94. The number of piperazine rings is 1. The summed E-state index contributed by atoms with van der Waals surface area (Å²) in [6.45, 7) is 5.32. The van der Waals surface area contributed by atoms with Gasteiger partial charge >= 0.3 is 0 Å². The van der Waals surface area contributed by atoms with Gasteiger partial charge in [0.2, 0.25) is 5.91 Å². The molecule has 0 atom stereocenters. The van der Waals surface area contributed by atoms with E-state index in [4.69, 9.17) is 21.3 Å². The van der Waals surface area contributed by atoms with Crippen LogP contribution in [0.1, 0.15) is 24.1 Å². The van der Waals surface area contributed by atoms with Crippen LogP contribution in [-0.4, -0.2) is 60.1 Å². The summed E-state index contributed by atoms with van der Waals surface area (Å²) in [5.41, 5.74) is 2.84. The summed E-state index contributed by atoms with van der Waals surface area (Å²) in [6, 6.07) is 18.1. The minimum atomic E-state index is -0.454. The van der Waals surface area contributed by atoms with Gasteiger partial charge in [0, 0.05) is 61.9 Å². The first-order valence-electron chi connectivity index (χ1n) is 11.5. The fraction of sp³-hybridized carbons (Fsp3) is 0.385. The summed E-state index contributed by atoms with van der Waals surface area (Å²) in [5.74, 6) is 0.260. The van der Waals surface area contributed by atoms with E-state index in [2.05, 4.69) is 27.3 Å². The van der Waals surface area contributed by atoms with Gasteiger partial charge in [0.25, 0.3) is 0 Å². The van der Waals surface area contributed by atoms with E-state index in [0.717, 1.165) is 72.4 Å². The molecule has 2 aromatic carbocycles. The van der Waals surface area contributed by atoms with E-state index in [-0.39, 0.29) is 5.91 Å². The molecule has 0 radical (unpaired) electrons. The maximum atomic E-state index is 13.8. The summed E-state index contributed by atoms with van der Waals surface area (Å²) >= 11 is 7.66. The summed E-state index contributed by atoms with van der Waals surface area (Å²) in [5, 5.41) is 3.88. The topological polar surface area (TPSA) is 45.7 Å². The molecule has 33 heavy (non-hydrogen) atoms. The molecule has 0 aliphatic carbocycles. The quantitative estimate of drug-likeness (QED) is 0.522. The van der Waals surface area contributed by atoms with Crippen LogP contribution in [0.3, 0.4) is 0 Å². The lowest BCUT2D eigenvalue weighted by Crippen LogP contribution is -2.55. The van der Waals surface area contributed by atoms with Crippen LogP contribution in [0.4, 0.5) is 0 Å². The average Bonchev–Trinajstić information content (AvgIpc) is 3.34. The molecule has 2 saturated heterocycles. The third-order valence-electron chi connectivity index (χ3n) is 6.77. The van der Waals surface area contributed by atoms with Crippen molar-refractivity contribution >= 4 is 28.8 Å². The van der Waals surface area contributed by atoms with Gasteiger partial charge in [-0.2, -0.15) is 0 Å². The van der Waals surface area contributed by atoms with Crippen LogP contribution in [-0.2, 0) is 21.5 Å². The number of amides is 1. The third kappa shape index (κ3) is 4.85. The Bertz CT molecular complexity index is 1070. The molecule has 5 nitrogen and oxygen atoms in total. The van der Waals surface area contributed by atoms with Gasteiger partial charge in [-0.05, 0) is 30.5 Å². The first-order chi connectivity index (χ1) is 16.1. The Hall–Kier alpha value is -2.25. The molecule has 2 aliphatic heterocycles. The Labute approximate surface area is 204 Å². The van der Waals surface area contributed by atoms with Crippen molar-refractivity contribution in [2.75, 3.05) is 39.4 Å². The van der Waals surface area contributed by atoms with E-state index < -0.39 is 5.41 Å². The minimum Gasteiger partial charge on any atom is -0.381 e. The predicted molar refractivity (Wildman–Crippen MR) is 133 cm³/mol. The lowest BCUT2D eigenvalue weighted by molar-refractivity contribution is -0.143. The number of nitrogens with zero attached hydrogens (tertiary/aromatic N) is 3. The highest BCUT2D eigenvalue weighted by molar-refractivity contribution is 7.13. The fourth-order valence-electron chi connectivity index (χ4n) is 4.85. The van der Waals surface area contributed by atoms with Crippen LogP contribution < -0.4 is 0 Å². The van der Waals surface area contributed by atoms with Gasteiger partial charge < -0.3 is 9.64 Å². The number of rotatable bonds is 5. The zero-order valence-electron chi connectivity index (χ0n) is 18.6. The molecule has 0 unspecified atom stereocenters. The predicted octanol–water partition coefficient (Wildman–Crippen LogP) is 4.86. The highest BCUT2D eigenvalue weighted by Gasteiger charge is 2.44. The van der Waals surface area contributed by atoms with Gasteiger partial charge in [-0.15, -0.1) is 11.3 Å². The van der Waals surface area contributed by atoms with Crippen molar-refractivity contribution < 1.29 is 9.53 Å². The molecule has 1 amide bonds. The van der Waals surface area contributed by atoms with Crippen LogP contribution in [0.2, 0.25) is 5.02 Å². The third-order valence-corrected chi connectivity index (χ3v) is 7.96. The Morgan fingerprint density at radius 1 is 1.00 bits per heavy atom. The van der Waals surface area contributed by atoms with E-state index in [9.17, 15) is 4.79 Å². The number of aromatic nitrogens is 1. The first-order valence-corrected chi connectivity index (χ1v) is 12.8. The van der Waals surface area contributed by atoms with Gasteiger partial charge in [-0.3, -0.25) is 9.69 Å². The van der Waals surface area contributed by atoms with Crippen molar-refractivity contribution in [2.24, 2.45) is 0 Å². The molecule has 0 saturated carbocycles. The zero-order valence-corrected chi connectivity index (χ0v) is 20.2. The van der Waals surface area contributed by atoms with Gasteiger partial charge in [-0.1, -0.05) is 54.1 Å². The number of ether oxygens (including phenoxy) is 1. The van der Waals surface area contributed by atoms with E-state index in [0.29, 0.717) is 13.2 Å². The fourth-order valence-corrected chi connectivity index (χ4v) is 5.79. The highest BCUT2D eigenvalue weighted by atomic mass is 35.5. The summed E-state index contributed by atoms with van der Waals surface area (Å²) in [4.78, 5) is 23.0. The molecular formula is C26H28ClN3O2S. The molecule has 2 fully saturated rings. The molecule has 0 N–H and O–H groups in total. The molecule has 5 rings (SSSR count). The number of thiazole rings is 1. The van der Waals surface area contributed by atoms with Crippen molar-refractivity contribution in [2.45, 2.75) is 24.8 Å². The first kappa shape index (κ1) is 22.5. The molecule has 3 heterocycles. The maximum Gasteiger partial charge on any atom is 0.233 e. The van der Waals surface area contributed by atoms with E-state index in [1.807, 2.05) is 42.5 Å². The SMILES string of the molecule is O=C(N1CCN(Cc2csc(-c3ccc(Cl)cc3)n2)CC1)C1(c2ccccc2)CCOCC1.